The molecule has 0 aliphatic carbocycles. The molecule has 2 amide bonds. The summed E-state index contributed by atoms with van der Waals surface area (Å²) in [6, 6.07) is 15.8. The first-order valence-electron chi connectivity index (χ1n) is 9.70. The van der Waals surface area contributed by atoms with Crippen LogP contribution in [0.15, 0.2) is 60.2 Å². The molecule has 2 heterocycles. The molecule has 1 aliphatic rings. The van der Waals surface area contributed by atoms with Crippen LogP contribution in [0.4, 0.5) is 10.1 Å². The maximum atomic E-state index is 14.3. The third-order valence-corrected chi connectivity index (χ3v) is 5.51. The van der Waals surface area contributed by atoms with E-state index in [1.54, 1.807) is 6.07 Å². The van der Waals surface area contributed by atoms with Crippen molar-refractivity contribution in [1.82, 2.24) is 9.88 Å². The van der Waals surface area contributed by atoms with Gasteiger partial charge in [0.25, 0.3) is 11.8 Å². The van der Waals surface area contributed by atoms with Gasteiger partial charge in [-0.2, -0.15) is 0 Å². The molecule has 2 aromatic carbocycles. The first-order chi connectivity index (χ1) is 14.8. The first-order valence-corrected chi connectivity index (χ1v) is 10.1. The lowest BCUT2D eigenvalue weighted by molar-refractivity contribution is -0.122. The van der Waals surface area contributed by atoms with E-state index < -0.39 is 17.6 Å². The minimum Gasteiger partial charge on any atom is -0.318 e. The molecule has 1 fully saturated rings. The predicted molar refractivity (Wildman–Crippen MR) is 123 cm³/mol. The van der Waals surface area contributed by atoms with Crippen molar-refractivity contribution >= 4 is 40.9 Å². The molecule has 156 valence electrons. The highest BCUT2D eigenvalue weighted by Gasteiger charge is 2.35. The second-order valence-electron chi connectivity index (χ2n) is 7.41. The number of hydrogen-bond donors (Lipinski definition) is 1. The largest absolute Gasteiger partial charge is 0.318 e. The molecule has 4 rings (SSSR count). The monoisotopic (exact) mass is 433 g/mol. The Kier molecular flexibility index (Phi) is 5.29. The Morgan fingerprint density at radius 1 is 1.00 bits per heavy atom. The molecule has 0 bridgehead atoms. The molecule has 31 heavy (non-hydrogen) atoms. The van der Waals surface area contributed by atoms with Gasteiger partial charge >= 0.3 is 0 Å². The first kappa shape index (κ1) is 20.7. The SMILES string of the molecule is Cc1cccc(-n2c(C)cc(/C=C3\C(=O)NC(=S)N(c4ccccc4F)C3=O)c2C)c1. The van der Waals surface area contributed by atoms with Crippen LogP contribution in [0, 0.1) is 26.6 Å². The number of amides is 2. The molecule has 1 aliphatic heterocycles. The molecular formula is C24H20FN3O2S. The number of aromatic nitrogens is 1. The molecule has 0 spiro atoms. The number of benzene rings is 2. The van der Waals surface area contributed by atoms with Gasteiger partial charge in [-0.25, -0.2) is 9.29 Å². The number of aryl methyl sites for hydroxylation is 2. The van der Waals surface area contributed by atoms with Gasteiger partial charge in [0.1, 0.15) is 11.4 Å². The van der Waals surface area contributed by atoms with E-state index in [0.717, 1.165) is 33.1 Å². The number of thiocarbonyl (C=S) groups is 1. The van der Waals surface area contributed by atoms with E-state index in [2.05, 4.69) is 16.0 Å². The molecule has 0 saturated carbocycles. The molecule has 5 nitrogen and oxygen atoms in total. The zero-order valence-electron chi connectivity index (χ0n) is 17.3. The summed E-state index contributed by atoms with van der Waals surface area (Å²) in [4.78, 5) is 26.8. The fraction of sp³-hybridized carbons (Fsp3) is 0.125. The summed E-state index contributed by atoms with van der Waals surface area (Å²) < 4.78 is 16.4. The van der Waals surface area contributed by atoms with Crippen LogP contribution in [0.3, 0.4) is 0 Å². The third kappa shape index (κ3) is 3.68. The average Bonchev–Trinajstić information content (AvgIpc) is 2.99. The van der Waals surface area contributed by atoms with E-state index in [1.807, 2.05) is 45.0 Å². The van der Waals surface area contributed by atoms with Crippen LogP contribution in [0.25, 0.3) is 11.8 Å². The highest BCUT2D eigenvalue weighted by atomic mass is 32.1. The van der Waals surface area contributed by atoms with Gasteiger partial charge in [0.05, 0.1) is 5.69 Å². The lowest BCUT2D eigenvalue weighted by Gasteiger charge is -2.29. The van der Waals surface area contributed by atoms with E-state index in [0.29, 0.717) is 0 Å². The van der Waals surface area contributed by atoms with Crippen LogP contribution < -0.4 is 10.2 Å². The predicted octanol–water partition coefficient (Wildman–Crippen LogP) is 4.37. The summed E-state index contributed by atoms with van der Waals surface area (Å²) in [7, 11) is 0. The fourth-order valence-corrected chi connectivity index (χ4v) is 4.04. The van der Waals surface area contributed by atoms with Crippen LogP contribution in [0.1, 0.15) is 22.5 Å². The summed E-state index contributed by atoms with van der Waals surface area (Å²) in [6.45, 7) is 5.90. The number of nitrogens with zero attached hydrogens (tertiary/aromatic N) is 2. The van der Waals surface area contributed by atoms with Gasteiger partial charge in [-0.1, -0.05) is 24.3 Å². The molecule has 7 heteroatoms. The Hall–Kier alpha value is -3.58. The molecule has 0 unspecified atom stereocenters. The van der Waals surface area contributed by atoms with Crippen LogP contribution >= 0.6 is 12.2 Å². The van der Waals surface area contributed by atoms with Gasteiger partial charge in [0, 0.05) is 17.1 Å². The average molecular weight is 434 g/mol. The fourth-order valence-electron chi connectivity index (χ4n) is 3.76. The van der Waals surface area contributed by atoms with Crippen molar-refractivity contribution in [2.24, 2.45) is 0 Å². The Morgan fingerprint density at radius 2 is 1.74 bits per heavy atom. The van der Waals surface area contributed by atoms with E-state index >= 15 is 0 Å². The van der Waals surface area contributed by atoms with Crippen molar-refractivity contribution in [3.63, 3.8) is 0 Å². The van der Waals surface area contributed by atoms with Crippen LogP contribution in [0.2, 0.25) is 0 Å². The zero-order chi connectivity index (χ0) is 22.3. The lowest BCUT2D eigenvalue weighted by Crippen LogP contribution is -2.54. The van der Waals surface area contributed by atoms with E-state index in [9.17, 15) is 14.0 Å². The van der Waals surface area contributed by atoms with Crippen molar-refractivity contribution in [3.05, 3.63) is 88.5 Å². The smallest absolute Gasteiger partial charge is 0.270 e. The van der Waals surface area contributed by atoms with E-state index in [-0.39, 0.29) is 16.4 Å². The number of anilines is 1. The summed E-state index contributed by atoms with van der Waals surface area (Å²) in [5, 5.41) is 2.34. The second-order valence-corrected chi connectivity index (χ2v) is 7.80. The molecule has 0 atom stereocenters. The number of carbonyl (C=O) groups excluding carboxylic acids is 2. The van der Waals surface area contributed by atoms with Gasteiger partial charge in [-0.15, -0.1) is 0 Å². The van der Waals surface area contributed by atoms with Gasteiger partial charge in [0.15, 0.2) is 5.11 Å². The van der Waals surface area contributed by atoms with Gasteiger partial charge in [-0.3, -0.25) is 14.9 Å². The lowest BCUT2D eigenvalue weighted by atomic mass is 10.1. The standard InChI is InChI=1S/C24H20FN3O2S/c1-14-7-6-8-18(11-14)27-15(2)12-17(16(27)3)13-19-22(29)26-24(31)28(23(19)30)21-10-5-4-9-20(21)25/h4-13H,1-3H3,(H,26,29,31)/b19-13+. The molecular weight excluding hydrogens is 413 g/mol. The minimum absolute atomic E-state index is 0.00589. The van der Waals surface area contributed by atoms with Crippen molar-refractivity contribution < 1.29 is 14.0 Å². The topological polar surface area (TPSA) is 54.3 Å². The van der Waals surface area contributed by atoms with Crippen molar-refractivity contribution in [2.75, 3.05) is 4.90 Å². The van der Waals surface area contributed by atoms with Crippen molar-refractivity contribution in [3.8, 4) is 5.69 Å². The van der Waals surface area contributed by atoms with Crippen molar-refractivity contribution in [2.45, 2.75) is 20.8 Å². The van der Waals surface area contributed by atoms with Gasteiger partial charge in [0.2, 0.25) is 0 Å². The summed E-state index contributed by atoms with van der Waals surface area (Å²) in [5.74, 6) is -1.88. The Balaban J connectivity index is 1.79. The quantitative estimate of drug-likeness (QED) is 0.379. The maximum absolute atomic E-state index is 14.3. The number of hydrogen-bond acceptors (Lipinski definition) is 3. The number of nitrogens with one attached hydrogen (secondary N) is 1. The van der Waals surface area contributed by atoms with Crippen LogP contribution in [-0.4, -0.2) is 21.5 Å². The molecule has 1 saturated heterocycles. The normalized spacial score (nSPS) is 15.5. The third-order valence-electron chi connectivity index (χ3n) is 5.23. The van der Waals surface area contributed by atoms with E-state index in [4.69, 9.17) is 12.2 Å². The Bertz CT molecular complexity index is 1280. The molecule has 1 N–H and O–H groups in total. The number of para-hydroxylation sites is 1. The number of rotatable bonds is 3. The molecule has 3 aromatic rings. The zero-order valence-corrected chi connectivity index (χ0v) is 18.1. The van der Waals surface area contributed by atoms with E-state index in [1.165, 1.54) is 24.3 Å². The number of halogens is 1. The summed E-state index contributed by atoms with van der Waals surface area (Å²) >= 11 is 5.14. The van der Waals surface area contributed by atoms with Crippen LogP contribution in [0.5, 0.6) is 0 Å². The van der Waals surface area contributed by atoms with Crippen LogP contribution in [-0.2, 0) is 9.59 Å². The number of carbonyl (C=O) groups is 2. The Labute approximate surface area is 184 Å². The van der Waals surface area contributed by atoms with Gasteiger partial charge in [-0.05, 0) is 80.5 Å². The van der Waals surface area contributed by atoms with Gasteiger partial charge < -0.3 is 4.57 Å². The summed E-state index contributed by atoms with van der Waals surface area (Å²) in [6.07, 6.45) is 1.53. The molecule has 1 aromatic heterocycles. The Morgan fingerprint density at radius 3 is 2.45 bits per heavy atom. The molecule has 0 radical (unpaired) electrons. The maximum Gasteiger partial charge on any atom is 0.270 e. The second kappa shape index (κ2) is 7.92. The highest BCUT2D eigenvalue weighted by molar-refractivity contribution is 7.80. The minimum atomic E-state index is -0.667. The van der Waals surface area contributed by atoms with Crippen molar-refractivity contribution in [1.29, 1.82) is 0 Å². The highest BCUT2D eigenvalue weighted by Crippen LogP contribution is 2.27. The summed E-state index contributed by atoms with van der Waals surface area (Å²) in [5.41, 5.74) is 4.56.